The third-order valence-corrected chi connectivity index (χ3v) is 13.8. The van der Waals surface area contributed by atoms with E-state index >= 15 is 0 Å². The molecular weight excluding hydrogens is 474 g/mol. The van der Waals surface area contributed by atoms with Gasteiger partial charge in [-0.2, -0.15) is 0 Å². The molecule has 2 fully saturated rings. The summed E-state index contributed by atoms with van der Waals surface area (Å²) in [6.07, 6.45) is 4.68. The van der Waals surface area contributed by atoms with Crippen LogP contribution in [0.4, 0.5) is 0 Å². The molecule has 194 valence electrons. The molecule has 5 rings (SSSR count). The minimum Gasteiger partial charge on any atom is -0.481 e. The molecule has 5 atom stereocenters. The van der Waals surface area contributed by atoms with Crippen LogP contribution < -0.4 is 15.1 Å². The summed E-state index contributed by atoms with van der Waals surface area (Å²) in [5, 5.41) is 2.68. The van der Waals surface area contributed by atoms with Crippen LogP contribution >= 0.6 is 0 Å². The van der Waals surface area contributed by atoms with E-state index in [4.69, 9.17) is 9.16 Å². The number of ketones is 1. The lowest BCUT2D eigenvalue weighted by molar-refractivity contribution is 0.0952. The summed E-state index contributed by atoms with van der Waals surface area (Å²) in [5.41, 5.74) is 0.673. The highest BCUT2D eigenvalue weighted by Gasteiger charge is 2.60. The van der Waals surface area contributed by atoms with Crippen molar-refractivity contribution in [1.82, 2.24) is 4.98 Å². The highest BCUT2D eigenvalue weighted by molar-refractivity contribution is 6.99. The second-order valence-corrected chi connectivity index (χ2v) is 16.2. The Morgan fingerprint density at radius 2 is 1.51 bits per heavy atom. The maximum atomic E-state index is 12.9. The monoisotopic (exact) mass is 513 g/mol. The van der Waals surface area contributed by atoms with Gasteiger partial charge in [0.05, 0.1) is 7.11 Å². The lowest BCUT2D eigenvalue weighted by Gasteiger charge is -2.45. The average Bonchev–Trinajstić information content (AvgIpc) is 3.42. The van der Waals surface area contributed by atoms with Crippen molar-refractivity contribution in [2.24, 2.45) is 23.7 Å². The number of pyridine rings is 1. The standard InChI is InChI=1S/C32H39NO3Si/c1-22(18-29(34)23-16-17-30(35-5)33-21-23)31-27-19-24(20-28(27)31)36-37(32(2,3)4,25-12-8-6-9-13-25)26-14-10-7-11-15-26/h6-17,21-22,24,27-28,31H,18-20H2,1-5H3/t22?,24?,27-,28+,31?. The van der Waals surface area contributed by atoms with Crippen molar-refractivity contribution in [1.29, 1.82) is 0 Å². The Morgan fingerprint density at radius 3 is 1.97 bits per heavy atom. The Kier molecular flexibility index (Phi) is 7.12. The number of benzene rings is 2. The Morgan fingerprint density at radius 1 is 0.946 bits per heavy atom. The summed E-state index contributed by atoms with van der Waals surface area (Å²) >= 11 is 0. The van der Waals surface area contributed by atoms with E-state index in [1.807, 2.05) is 6.07 Å². The molecule has 3 aromatic rings. The summed E-state index contributed by atoms with van der Waals surface area (Å²) in [4.78, 5) is 17.1. The van der Waals surface area contributed by atoms with E-state index in [9.17, 15) is 4.79 Å². The number of nitrogens with zero attached hydrogens (tertiary/aromatic N) is 1. The van der Waals surface area contributed by atoms with Crippen LogP contribution in [0.25, 0.3) is 0 Å². The number of ether oxygens (including phenoxy) is 1. The molecule has 2 saturated carbocycles. The first-order chi connectivity index (χ1) is 17.7. The van der Waals surface area contributed by atoms with Gasteiger partial charge in [0, 0.05) is 30.4 Å². The van der Waals surface area contributed by atoms with E-state index < -0.39 is 8.32 Å². The number of hydrogen-bond acceptors (Lipinski definition) is 4. The summed E-state index contributed by atoms with van der Waals surface area (Å²) in [6, 6.07) is 25.4. The molecule has 2 aliphatic carbocycles. The Labute approximate surface area is 222 Å². The number of aromatic nitrogens is 1. The number of carbonyl (C=O) groups is 1. The zero-order chi connectivity index (χ0) is 26.2. The van der Waals surface area contributed by atoms with Crippen LogP contribution in [0.5, 0.6) is 5.88 Å². The first kappa shape index (κ1) is 25.9. The fourth-order valence-corrected chi connectivity index (χ4v) is 11.6. The molecule has 4 nitrogen and oxygen atoms in total. The molecule has 0 aliphatic heterocycles. The fourth-order valence-electron chi connectivity index (χ4n) is 6.94. The van der Waals surface area contributed by atoms with Gasteiger partial charge in [0.2, 0.25) is 5.88 Å². The molecule has 3 unspecified atom stereocenters. The van der Waals surface area contributed by atoms with Crippen molar-refractivity contribution in [2.75, 3.05) is 7.11 Å². The van der Waals surface area contributed by atoms with Gasteiger partial charge in [-0.15, -0.1) is 0 Å². The lowest BCUT2D eigenvalue weighted by atomic mass is 9.92. The van der Waals surface area contributed by atoms with Gasteiger partial charge in [-0.25, -0.2) is 4.98 Å². The summed E-state index contributed by atoms with van der Waals surface area (Å²) in [5.74, 6) is 3.04. The number of rotatable bonds is 9. The Bertz CT molecular complexity index is 1150. The summed E-state index contributed by atoms with van der Waals surface area (Å²) in [7, 11) is -0.936. The van der Waals surface area contributed by atoms with Crippen molar-refractivity contribution >= 4 is 24.5 Å². The van der Waals surface area contributed by atoms with E-state index in [-0.39, 0.29) is 16.9 Å². The van der Waals surface area contributed by atoms with Crippen LogP contribution in [-0.4, -0.2) is 32.3 Å². The molecule has 37 heavy (non-hydrogen) atoms. The molecule has 0 radical (unpaired) electrons. The van der Waals surface area contributed by atoms with E-state index in [1.54, 1.807) is 19.4 Å². The third kappa shape index (κ3) is 4.91. The quantitative estimate of drug-likeness (QED) is 0.264. The van der Waals surface area contributed by atoms with Gasteiger partial charge in [0.15, 0.2) is 5.78 Å². The largest absolute Gasteiger partial charge is 0.481 e. The first-order valence-electron chi connectivity index (χ1n) is 13.6. The number of Topliss-reactive ketones (excluding diaryl/α,β-unsaturated/α-hetero) is 1. The van der Waals surface area contributed by atoms with Crippen molar-refractivity contribution in [3.05, 3.63) is 84.6 Å². The predicted molar refractivity (Wildman–Crippen MR) is 151 cm³/mol. The molecule has 1 heterocycles. The summed E-state index contributed by atoms with van der Waals surface area (Å²) < 4.78 is 12.5. The second-order valence-electron chi connectivity index (χ2n) is 12.0. The number of methoxy groups -OCH3 is 1. The van der Waals surface area contributed by atoms with Gasteiger partial charge in [0.1, 0.15) is 0 Å². The van der Waals surface area contributed by atoms with Crippen LogP contribution in [0.3, 0.4) is 0 Å². The van der Waals surface area contributed by atoms with Crippen molar-refractivity contribution in [3.63, 3.8) is 0 Å². The van der Waals surface area contributed by atoms with Gasteiger partial charge in [-0.1, -0.05) is 88.4 Å². The number of hydrogen-bond donors (Lipinski definition) is 0. The zero-order valence-electron chi connectivity index (χ0n) is 22.7. The number of carbonyl (C=O) groups excluding carboxylic acids is 1. The minimum atomic E-state index is -2.52. The van der Waals surface area contributed by atoms with Gasteiger partial charge >= 0.3 is 0 Å². The fraction of sp³-hybridized carbons (Fsp3) is 0.438. The van der Waals surface area contributed by atoms with Crippen molar-refractivity contribution in [2.45, 2.75) is 58.1 Å². The lowest BCUT2D eigenvalue weighted by Crippen LogP contribution is -2.67. The van der Waals surface area contributed by atoms with Crippen LogP contribution in [0.1, 0.15) is 57.3 Å². The molecule has 0 amide bonds. The first-order valence-corrected chi connectivity index (χ1v) is 15.5. The molecule has 5 heteroatoms. The summed E-state index contributed by atoms with van der Waals surface area (Å²) in [6.45, 7) is 9.29. The van der Waals surface area contributed by atoms with Gasteiger partial charge < -0.3 is 9.16 Å². The van der Waals surface area contributed by atoms with Gasteiger partial charge in [0.25, 0.3) is 8.32 Å². The smallest absolute Gasteiger partial charge is 0.261 e. The maximum Gasteiger partial charge on any atom is 0.261 e. The van der Waals surface area contributed by atoms with E-state index in [1.165, 1.54) is 10.4 Å². The minimum absolute atomic E-state index is 0.00595. The van der Waals surface area contributed by atoms with E-state index in [0.717, 1.165) is 12.8 Å². The topological polar surface area (TPSA) is 48.4 Å². The molecule has 0 spiro atoms. The Balaban J connectivity index is 1.29. The number of fused-ring (bicyclic) bond motifs is 1. The molecule has 2 aliphatic rings. The van der Waals surface area contributed by atoms with Crippen LogP contribution in [0.2, 0.25) is 5.04 Å². The predicted octanol–water partition coefficient (Wildman–Crippen LogP) is 5.90. The van der Waals surface area contributed by atoms with Crippen molar-refractivity contribution in [3.8, 4) is 5.88 Å². The van der Waals surface area contributed by atoms with E-state index in [2.05, 4.69) is 93.3 Å². The normalized spacial score (nSPS) is 23.8. The average molecular weight is 514 g/mol. The van der Waals surface area contributed by atoms with Crippen LogP contribution in [0.15, 0.2) is 79.0 Å². The zero-order valence-corrected chi connectivity index (χ0v) is 23.7. The highest BCUT2D eigenvalue weighted by Crippen LogP contribution is 2.62. The van der Waals surface area contributed by atoms with Gasteiger partial charge in [-0.05, 0) is 58.0 Å². The van der Waals surface area contributed by atoms with E-state index in [0.29, 0.717) is 41.5 Å². The van der Waals surface area contributed by atoms with Crippen molar-refractivity contribution < 1.29 is 14.0 Å². The molecule has 1 aromatic heterocycles. The molecule has 0 saturated heterocycles. The third-order valence-electron chi connectivity index (χ3n) is 8.66. The van der Waals surface area contributed by atoms with Gasteiger partial charge in [-0.3, -0.25) is 4.79 Å². The Hall–Kier alpha value is -2.76. The molecule has 0 bridgehead atoms. The van der Waals surface area contributed by atoms with Crippen LogP contribution in [-0.2, 0) is 4.43 Å². The molecule has 2 aromatic carbocycles. The second kappa shape index (κ2) is 10.2. The van der Waals surface area contributed by atoms with Crippen LogP contribution in [0, 0.1) is 23.7 Å². The molecule has 0 N–H and O–H groups in total. The SMILES string of the molecule is COc1ccc(C(=O)CC(C)C2[C@H]3CC(O[Si](c4ccccc4)(c4ccccc4)C(C)(C)C)C[C@@H]23)cn1. The molecular formula is C32H39NO3Si. The maximum absolute atomic E-state index is 12.9. The highest BCUT2D eigenvalue weighted by atomic mass is 28.4.